The molecule has 0 unspecified atom stereocenters. The number of ether oxygens (including phenoxy) is 1. The number of nitrogens with zero attached hydrogens (tertiary/aromatic N) is 1. The summed E-state index contributed by atoms with van der Waals surface area (Å²) < 4.78 is 4.65. The average Bonchev–Trinajstić information content (AvgIpc) is 2.60. The van der Waals surface area contributed by atoms with Gasteiger partial charge in [0, 0.05) is 25.0 Å². The van der Waals surface area contributed by atoms with Crippen molar-refractivity contribution in [2.45, 2.75) is 13.5 Å². The molecule has 0 atom stereocenters. The SMILES string of the molecule is COC(=O)N(C)c1ccc(NC(=O)NCc2ccc(C)cc2)cc1. The molecule has 126 valence electrons. The van der Waals surface area contributed by atoms with Gasteiger partial charge in [-0.15, -0.1) is 0 Å². The molecule has 0 bridgehead atoms. The van der Waals surface area contributed by atoms with E-state index in [4.69, 9.17) is 0 Å². The zero-order valence-electron chi connectivity index (χ0n) is 14.0. The van der Waals surface area contributed by atoms with Crippen LogP contribution in [0, 0.1) is 6.92 Å². The highest BCUT2D eigenvalue weighted by molar-refractivity contribution is 5.90. The molecule has 0 aliphatic rings. The lowest BCUT2D eigenvalue weighted by atomic mass is 10.1. The van der Waals surface area contributed by atoms with Crippen LogP contribution in [0.2, 0.25) is 0 Å². The molecule has 0 radical (unpaired) electrons. The van der Waals surface area contributed by atoms with E-state index in [1.807, 2.05) is 31.2 Å². The van der Waals surface area contributed by atoms with Gasteiger partial charge in [-0.2, -0.15) is 0 Å². The zero-order chi connectivity index (χ0) is 17.5. The Balaban J connectivity index is 1.87. The van der Waals surface area contributed by atoms with E-state index >= 15 is 0 Å². The molecule has 2 rings (SSSR count). The summed E-state index contributed by atoms with van der Waals surface area (Å²) in [5.41, 5.74) is 3.52. The molecule has 0 aliphatic carbocycles. The number of rotatable bonds is 4. The highest BCUT2D eigenvalue weighted by Gasteiger charge is 2.10. The number of anilines is 2. The van der Waals surface area contributed by atoms with Crippen molar-refractivity contribution < 1.29 is 14.3 Å². The van der Waals surface area contributed by atoms with Crippen molar-refractivity contribution >= 4 is 23.5 Å². The first-order valence-corrected chi connectivity index (χ1v) is 7.51. The number of carbonyl (C=O) groups excluding carboxylic acids is 2. The van der Waals surface area contributed by atoms with Gasteiger partial charge < -0.3 is 15.4 Å². The highest BCUT2D eigenvalue weighted by Crippen LogP contribution is 2.17. The Labute approximate surface area is 141 Å². The topological polar surface area (TPSA) is 70.7 Å². The quantitative estimate of drug-likeness (QED) is 0.902. The summed E-state index contributed by atoms with van der Waals surface area (Å²) in [6, 6.07) is 14.6. The minimum absolute atomic E-state index is 0.287. The van der Waals surface area contributed by atoms with Crippen LogP contribution in [0.5, 0.6) is 0 Å². The van der Waals surface area contributed by atoms with E-state index in [0.717, 1.165) is 5.56 Å². The van der Waals surface area contributed by atoms with Gasteiger partial charge in [0.1, 0.15) is 0 Å². The standard InChI is InChI=1S/C18H21N3O3/c1-13-4-6-14(7-5-13)12-19-17(22)20-15-8-10-16(11-9-15)21(2)18(23)24-3/h4-11H,12H2,1-3H3,(H2,19,20,22). The molecule has 0 saturated heterocycles. The van der Waals surface area contributed by atoms with E-state index in [9.17, 15) is 9.59 Å². The number of aryl methyl sites for hydroxylation is 1. The normalized spacial score (nSPS) is 9.96. The Hall–Kier alpha value is -3.02. The van der Waals surface area contributed by atoms with Gasteiger partial charge in [-0.25, -0.2) is 9.59 Å². The first-order valence-electron chi connectivity index (χ1n) is 7.51. The van der Waals surface area contributed by atoms with E-state index in [2.05, 4.69) is 15.4 Å². The lowest BCUT2D eigenvalue weighted by Gasteiger charge is -2.16. The van der Waals surface area contributed by atoms with E-state index in [1.165, 1.54) is 17.6 Å². The predicted molar refractivity (Wildman–Crippen MR) is 94.3 cm³/mol. The molecule has 24 heavy (non-hydrogen) atoms. The third-order valence-corrected chi connectivity index (χ3v) is 3.53. The monoisotopic (exact) mass is 327 g/mol. The second-order valence-corrected chi connectivity index (χ2v) is 5.37. The maximum Gasteiger partial charge on any atom is 0.413 e. The Kier molecular flexibility index (Phi) is 5.78. The molecular formula is C18H21N3O3. The maximum atomic E-state index is 11.9. The molecule has 3 amide bonds. The molecule has 0 aliphatic heterocycles. The fourth-order valence-corrected chi connectivity index (χ4v) is 2.07. The molecule has 0 fully saturated rings. The number of benzene rings is 2. The number of nitrogens with one attached hydrogen (secondary N) is 2. The van der Waals surface area contributed by atoms with Gasteiger partial charge in [0.2, 0.25) is 0 Å². The van der Waals surface area contributed by atoms with E-state index in [0.29, 0.717) is 17.9 Å². The van der Waals surface area contributed by atoms with Gasteiger partial charge in [-0.1, -0.05) is 29.8 Å². The molecule has 0 saturated carbocycles. The summed E-state index contributed by atoms with van der Waals surface area (Å²) in [7, 11) is 2.94. The van der Waals surface area contributed by atoms with Gasteiger partial charge in [0.05, 0.1) is 7.11 Å². The Bertz CT molecular complexity index is 696. The lowest BCUT2D eigenvalue weighted by Crippen LogP contribution is -2.28. The maximum absolute atomic E-state index is 11.9. The van der Waals surface area contributed by atoms with Crippen molar-refractivity contribution in [2.75, 3.05) is 24.4 Å². The van der Waals surface area contributed by atoms with Crippen LogP contribution in [0.15, 0.2) is 48.5 Å². The minimum atomic E-state index is -0.452. The van der Waals surface area contributed by atoms with Crippen LogP contribution >= 0.6 is 0 Å². The number of amides is 3. The fourth-order valence-electron chi connectivity index (χ4n) is 2.07. The third kappa shape index (κ3) is 4.74. The zero-order valence-corrected chi connectivity index (χ0v) is 14.0. The summed E-state index contributed by atoms with van der Waals surface area (Å²) in [6.45, 7) is 2.47. The molecule has 2 N–H and O–H groups in total. The highest BCUT2D eigenvalue weighted by atomic mass is 16.5. The number of methoxy groups -OCH3 is 1. The minimum Gasteiger partial charge on any atom is -0.452 e. The predicted octanol–water partition coefficient (Wildman–Crippen LogP) is 3.52. The van der Waals surface area contributed by atoms with E-state index < -0.39 is 6.09 Å². The van der Waals surface area contributed by atoms with Crippen LogP contribution in [0.3, 0.4) is 0 Å². The van der Waals surface area contributed by atoms with Crippen LogP contribution in [0.1, 0.15) is 11.1 Å². The van der Waals surface area contributed by atoms with Crippen molar-refractivity contribution in [2.24, 2.45) is 0 Å². The second-order valence-electron chi connectivity index (χ2n) is 5.37. The number of hydrogen-bond donors (Lipinski definition) is 2. The first-order chi connectivity index (χ1) is 11.5. The van der Waals surface area contributed by atoms with Gasteiger partial charge >= 0.3 is 12.1 Å². The van der Waals surface area contributed by atoms with Crippen LogP contribution in [-0.4, -0.2) is 26.3 Å². The lowest BCUT2D eigenvalue weighted by molar-refractivity contribution is 0.180. The molecular weight excluding hydrogens is 306 g/mol. The van der Waals surface area contributed by atoms with Crippen LogP contribution in [0.4, 0.5) is 21.0 Å². The van der Waals surface area contributed by atoms with Gasteiger partial charge in [-0.05, 0) is 36.8 Å². The summed E-state index contributed by atoms with van der Waals surface area (Å²) in [5, 5.41) is 5.55. The summed E-state index contributed by atoms with van der Waals surface area (Å²) >= 11 is 0. The smallest absolute Gasteiger partial charge is 0.413 e. The third-order valence-electron chi connectivity index (χ3n) is 3.53. The molecule has 2 aromatic rings. The Morgan fingerprint density at radius 3 is 2.25 bits per heavy atom. The number of urea groups is 1. The molecule has 6 heteroatoms. The Morgan fingerprint density at radius 1 is 1.04 bits per heavy atom. The van der Waals surface area contributed by atoms with Crippen LogP contribution in [0.25, 0.3) is 0 Å². The van der Waals surface area contributed by atoms with Crippen molar-refractivity contribution in [3.8, 4) is 0 Å². The van der Waals surface area contributed by atoms with Gasteiger partial charge in [0.15, 0.2) is 0 Å². The first kappa shape index (κ1) is 17.3. The van der Waals surface area contributed by atoms with Crippen molar-refractivity contribution in [1.82, 2.24) is 5.32 Å². The molecule has 2 aromatic carbocycles. The van der Waals surface area contributed by atoms with E-state index in [1.54, 1.807) is 31.3 Å². The van der Waals surface area contributed by atoms with Crippen LogP contribution in [-0.2, 0) is 11.3 Å². The second kappa shape index (κ2) is 8.01. The summed E-state index contributed by atoms with van der Waals surface area (Å²) in [6.07, 6.45) is -0.452. The largest absolute Gasteiger partial charge is 0.452 e. The van der Waals surface area contributed by atoms with Crippen molar-refractivity contribution in [1.29, 1.82) is 0 Å². The van der Waals surface area contributed by atoms with Crippen molar-refractivity contribution in [3.63, 3.8) is 0 Å². The van der Waals surface area contributed by atoms with Gasteiger partial charge in [-0.3, -0.25) is 4.90 Å². The molecule has 0 spiro atoms. The van der Waals surface area contributed by atoms with E-state index in [-0.39, 0.29) is 6.03 Å². The number of hydrogen-bond acceptors (Lipinski definition) is 3. The van der Waals surface area contributed by atoms with Gasteiger partial charge in [0.25, 0.3) is 0 Å². The molecule has 0 aromatic heterocycles. The van der Waals surface area contributed by atoms with Crippen LogP contribution < -0.4 is 15.5 Å². The fraction of sp³-hybridized carbons (Fsp3) is 0.222. The Morgan fingerprint density at radius 2 is 1.67 bits per heavy atom. The van der Waals surface area contributed by atoms with Crippen molar-refractivity contribution in [3.05, 3.63) is 59.7 Å². The average molecular weight is 327 g/mol. The summed E-state index contributed by atoms with van der Waals surface area (Å²) in [5.74, 6) is 0. The number of carbonyl (C=O) groups is 2. The molecule has 0 heterocycles. The summed E-state index contributed by atoms with van der Waals surface area (Å²) in [4.78, 5) is 24.7. The molecule has 6 nitrogen and oxygen atoms in total.